The summed E-state index contributed by atoms with van der Waals surface area (Å²) in [5, 5.41) is 8.84. The van der Waals surface area contributed by atoms with Crippen LogP contribution in [0.3, 0.4) is 0 Å². The minimum Gasteiger partial charge on any atom is -0.352 e. The van der Waals surface area contributed by atoms with Gasteiger partial charge < -0.3 is 4.98 Å². The van der Waals surface area contributed by atoms with Crippen molar-refractivity contribution in [1.29, 1.82) is 0 Å². The molecule has 0 radical (unpaired) electrons. The highest BCUT2D eigenvalue weighted by atomic mass is 15.1. The molecule has 0 aliphatic heterocycles. The van der Waals surface area contributed by atoms with Crippen LogP contribution in [0.25, 0.3) is 38.9 Å². The molecule has 0 amide bonds. The minimum atomic E-state index is 0.900. The molecule has 33 heavy (non-hydrogen) atoms. The summed E-state index contributed by atoms with van der Waals surface area (Å²) >= 11 is 0. The van der Waals surface area contributed by atoms with Crippen molar-refractivity contribution in [3.05, 3.63) is 114 Å². The number of fused-ring (bicyclic) bond motifs is 2. The monoisotopic (exact) mass is 430 g/mol. The van der Waals surface area contributed by atoms with Crippen LogP contribution >= 0.6 is 0 Å². The number of hydrogen-bond acceptors (Lipinski definition) is 2. The van der Waals surface area contributed by atoms with Crippen molar-refractivity contribution in [1.82, 2.24) is 20.2 Å². The number of pyridine rings is 1. The molecule has 4 nitrogen and oxygen atoms in total. The number of aryl methyl sites for hydroxylation is 1. The van der Waals surface area contributed by atoms with Gasteiger partial charge in [0.1, 0.15) is 5.69 Å². The summed E-state index contributed by atoms with van der Waals surface area (Å²) in [5.41, 5.74) is 9.69. The second-order valence-electron chi connectivity index (χ2n) is 8.10. The second kappa shape index (κ2) is 9.13. The van der Waals surface area contributed by atoms with E-state index in [-0.39, 0.29) is 0 Å². The van der Waals surface area contributed by atoms with Gasteiger partial charge in [0.15, 0.2) is 0 Å². The van der Waals surface area contributed by atoms with Crippen molar-refractivity contribution in [2.45, 2.75) is 19.8 Å². The molecule has 2 aromatic carbocycles. The molecule has 4 heteroatoms. The maximum absolute atomic E-state index is 4.59. The summed E-state index contributed by atoms with van der Waals surface area (Å²) in [4.78, 5) is 7.88. The molecular formula is C29H26N4. The normalized spacial score (nSPS) is 12.5. The maximum Gasteiger partial charge on any atom is 0.116 e. The van der Waals surface area contributed by atoms with Crippen LogP contribution in [0.4, 0.5) is 0 Å². The first kappa shape index (κ1) is 20.7. The molecule has 5 aromatic rings. The van der Waals surface area contributed by atoms with Gasteiger partial charge in [0.2, 0.25) is 0 Å². The molecule has 0 aliphatic rings. The molecule has 2 N–H and O–H groups in total. The zero-order chi connectivity index (χ0) is 22.6. The molecule has 0 saturated carbocycles. The van der Waals surface area contributed by atoms with E-state index in [0.717, 1.165) is 51.7 Å². The summed E-state index contributed by atoms with van der Waals surface area (Å²) < 4.78 is 0. The first-order valence-corrected chi connectivity index (χ1v) is 11.2. The molecule has 5 rings (SSSR count). The van der Waals surface area contributed by atoms with Gasteiger partial charge in [-0.2, -0.15) is 5.10 Å². The summed E-state index contributed by atoms with van der Waals surface area (Å²) in [6.07, 6.45) is 10.1. The van der Waals surface area contributed by atoms with Gasteiger partial charge in [-0.25, -0.2) is 0 Å². The van der Waals surface area contributed by atoms with Crippen LogP contribution in [0.15, 0.2) is 103 Å². The lowest BCUT2D eigenvalue weighted by atomic mass is 9.97. The minimum absolute atomic E-state index is 0.900. The fourth-order valence-corrected chi connectivity index (χ4v) is 4.18. The molecule has 3 aromatic heterocycles. The zero-order valence-electron chi connectivity index (χ0n) is 18.7. The Balaban J connectivity index is 1.47. The third-order valence-corrected chi connectivity index (χ3v) is 6.00. The standard InChI is InChI=1S/C29H26N4/c1-3-20(12-13-21-9-6-5-7-10-21)17-22(4-2)23-14-15-25-24(18-23)29(33-32-25)28-19-27-26(31-28)11-8-16-30-27/h3-11,14-19,31H,1,12-13H2,2H3,(H,32,33)/b20-17+,22-4+. The number of nitrogens with zero attached hydrogens (tertiary/aromatic N) is 2. The number of hydrogen-bond donors (Lipinski definition) is 2. The molecule has 162 valence electrons. The van der Waals surface area contributed by atoms with Crippen LogP contribution in [0.1, 0.15) is 24.5 Å². The van der Waals surface area contributed by atoms with Gasteiger partial charge in [0, 0.05) is 11.6 Å². The summed E-state index contributed by atoms with van der Waals surface area (Å²) in [5.74, 6) is 0. The lowest BCUT2D eigenvalue weighted by Crippen LogP contribution is -1.89. The highest BCUT2D eigenvalue weighted by Gasteiger charge is 2.13. The van der Waals surface area contributed by atoms with E-state index in [4.69, 9.17) is 0 Å². The fourth-order valence-electron chi connectivity index (χ4n) is 4.18. The van der Waals surface area contributed by atoms with Crippen molar-refractivity contribution in [3.63, 3.8) is 0 Å². The Morgan fingerprint density at radius 2 is 1.88 bits per heavy atom. The lowest BCUT2D eigenvalue weighted by molar-refractivity contribution is 0.966. The average molecular weight is 431 g/mol. The lowest BCUT2D eigenvalue weighted by Gasteiger charge is -2.07. The summed E-state index contributed by atoms with van der Waals surface area (Å²) in [6.45, 7) is 6.13. The molecule has 0 unspecified atom stereocenters. The smallest absolute Gasteiger partial charge is 0.116 e. The third-order valence-electron chi connectivity index (χ3n) is 6.00. The predicted octanol–water partition coefficient (Wildman–Crippen LogP) is 7.25. The van der Waals surface area contributed by atoms with Crippen molar-refractivity contribution in [3.8, 4) is 11.4 Å². The zero-order valence-corrected chi connectivity index (χ0v) is 18.7. The fraction of sp³-hybridized carbons (Fsp3) is 0.103. The van der Waals surface area contributed by atoms with Crippen LogP contribution in [0.5, 0.6) is 0 Å². The van der Waals surface area contributed by atoms with Gasteiger partial charge in [0.05, 0.1) is 22.2 Å². The first-order chi connectivity index (χ1) is 16.2. The number of H-pyrrole nitrogens is 2. The number of aromatic amines is 2. The molecular weight excluding hydrogens is 404 g/mol. The largest absolute Gasteiger partial charge is 0.352 e. The highest BCUT2D eigenvalue weighted by molar-refractivity contribution is 5.97. The number of rotatable bonds is 7. The van der Waals surface area contributed by atoms with Crippen LogP contribution in [-0.2, 0) is 6.42 Å². The van der Waals surface area contributed by atoms with Crippen LogP contribution in [0, 0.1) is 0 Å². The number of nitrogens with one attached hydrogen (secondary N) is 2. The van der Waals surface area contributed by atoms with Crippen LogP contribution < -0.4 is 0 Å². The number of allylic oxidation sites excluding steroid dienone is 5. The van der Waals surface area contributed by atoms with Gasteiger partial charge in [-0.3, -0.25) is 10.1 Å². The van der Waals surface area contributed by atoms with Gasteiger partial charge in [-0.15, -0.1) is 0 Å². The van der Waals surface area contributed by atoms with E-state index >= 15 is 0 Å². The molecule has 0 spiro atoms. The third kappa shape index (κ3) is 4.28. The van der Waals surface area contributed by atoms with Crippen LogP contribution in [-0.4, -0.2) is 20.2 Å². The molecule has 0 bridgehead atoms. The van der Waals surface area contributed by atoms with E-state index in [9.17, 15) is 0 Å². The molecule has 0 aliphatic carbocycles. The summed E-state index contributed by atoms with van der Waals surface area (Å²) in [6, 6.07) is 23.0. The Labute approximate surface area is 193 Å². The van der Waals surface area contributed by atoms with E-state index in [1.165, 1.54) is 16.7 Å². The van der Waals surface area contributed by atoms with Crippen LogP contribution in [0.2, 0.25) is 0 Å². The molecule has 0 fully saturated rings. The highest BCUT2D eigenvalue weighted by Crippen LogP contribution is 2.31. The molecule has 3 heterocycles. The quantitative estimate of drug-likeness (QED) is 0.267. The van der Waals surface area contributed by atoms with E-state index in [2.05, 4.69) is 94.4 Å². The Kier molecular flexibility index (Phi) is 5.73. The van der Waals surface area contributed by atoms with Crippen molar-refractivity contribution in [2.75, 3.05) is 0 Å². The van der Waals surface area contributed by atoms with E-state index in [0.29, 0.717) is 0 Å². The van der Waals surface area contributed by atoms with Gasteiger partial charge in [-0.05, 0) is 72.4 Å². The maximum atomic E-state index is 4.59. The van der Waals surface area contributed by atoms with E-state index < -0.39 is 0 Å². The Morgan fingerprint density at radius 1 is 1.00 bits per heavy atom. The topological polar surface area (TPSA) is 57.4 Å². The predicted molar refractivity (Wildman–Crippen MR) is 138 cm³/mol. The first-order valence-electron chi connectivity index (χ1n) is 11.2. The summed E-state index contributed by atoms with van der Waals surface area (Å²) in [7, 11) is 0. The van der Waals surface area contributed by atoms with E-state index in [1.807, 2.05) is 24.3 Å². The molecule has 0 saturated heterocycles. The van der Waals surface area contributed by atoms with Crippen molar-refractivity contribution >= 4 is 27.5 Å². The SMILES string of the molecule is C=C/C(=C\C(=C/C)c1ccc2[nH]nc(-c3cc4ncccc4[nH]3)c2c1)CCc1ccccc1. The van der Waals surface area contributed by atoms with Crippen molar-refractivity contribution in [2.24, 2.45) is 0 Å². The average Bonchev–Trinajstić information content (AvgIpc) is 3.48. The Hall–Kier alpha value is -4.18. The number of aromatic nitrogens is 4. The molecule has 0 atom stereocenters. The van der Waals surface area contributed by atoms with E-state index in [1.54, 1.807) is 6.20 Å². The number of benzene rings is 2. The Morgan fingerprint density at radius 3 is 2.67 bits per heavy atom. The van der Waals surface area contributed by atoms with Gasteiger partial charge in [-0.1, -0.05) is 61.2 Å². The Bertz CT molecular complexity index is 1450. The second-order valence-corrected chi connectivity index (χ2v) is 8.10. The van der Waals surface area contributed by atoms with Gasteiger partial charge in [0.25, 0.3) is 0 Å². The van der Waals surface area contributed by atoms with Crippen molar-refractivity contribution < 1.29 is 0 Å². The van der Waals surface area contributed by atoms with Gasteiger partial charge >= 0.3 is 0 Å².